The highest BCUT2D eigenvalue weighted by Crippen LogP contribution is 2.41. The Hall–Kier alpha value is 0.0200. The number of hydrogen-bond donors (Lipinski definition) is 0. The molecule has 0 amide bonds. The van der Waals surface area contributed by atoms with E-state index in [2.05, 4.69) is 0 Å². The lowest BCUT2D eigenvalue weighted by Crippen LogP contribution is -2.15. The largest absolute Gasteiger partial charge is 0.300 e. The van der Waals surface area contributed by atoms with Gasteiger partial charge in [-0.05, 0) is 12.8 Å². The summed E-state index contributed by atoms with van der Waals surface area (Å²) in [5.41, 5.74) is 0. The summed E-state index contributed by atoms with van der Waals surface area (Å²) in [7, 11) is 0. The van der Waals surface area contributed by atoms with Crippen molar-refractivity contribution in [3.8, 4) is 0 Å². The molecule has 50 valence electrons. The summed E-state index contributed by atoms with van der Waals surface area (Å²) >= 11 is 2.04. The van der Waals surface area contributed by atoms with Crippen molar-refractivity contribution >= 4 is 17.5 Å². The third kappa shape index (κ3) is 1.00. The first-order valence-corrected chi connectivity index (χ1v) is 4.46. The summed E-state index contributed by atoms with van der Waals surface area (Å²) in [6.07, 6.45) is 4.31. The molecule has 9 heavy (non-hydrogen) atoms. The minimum Gasteiger partial charge on any atom is -0.300 e. The first kappa shape index (κ1) is 5.78. The molecule has 0 radical (unpaired) electrons. The molecule has 0 aromatic rings. The van der Waals surface area contributed by atoms with Crippen molar-refractivity contribution in [2.45, 2.75) is 36.2 Å². The number of ketones is 1. The van der Waals surface area contributed by atoms with Gasteiger partial charge in [-0.2, -0.15) is 11.8 Å². The molecule has 2 heterocycles. The molecule has 2 bridgehead atoms. The molecule has 2 saturated heterocycles. The van der Waals surface area contributed by atoms with Gasteiger partial charge in [0, 0.05) is 23.3 Å². The smallest absolute Gasteiger partial charge is 0.135 e. The van der Waals surface area contributed by atoms with Crippen LogP contribution in [0.15, 0.2) is 0 Å². The molecular formula is C7H10OS. The van der Waals surface area contributed by atoms with E-state index >= 15 is 0 Å². The molecule has 0 unspecified atom stereocenters. The fraction of sp³-hybridized carbons (Fsp3) is 0.857. The second kappa shape index (κ2) is 2.01. The van der Waals surface area contributed by atoms with E-state index in [0.29, 0.717) is 16.3 Å². The van der Waals surface area contributed by atoms with Gasteiger partial charge in [-0.25, -0.2) is 0 Å². The van der Waals surface area contributed by atoms with Crippen molar-refractivity contribution in [3.63, 3.8) is 0 Å². The molecule has 0 aromatic carbocycles. The number of carbonyl (C=O) groups is 1. The molecule has 0 aliphatic carbocycles. The SMILES string of the molecule is O=C1C[C@H]2CC[C@@H](C1)S2. The number of hydrogen-bond acceptors (Lipinski definition) is 2. The maximum absolute atomic E-state index is 10.9. The lowest BCUT2D eigenvalue weighted by atomic mass is 10.2. The zero-order valence-corrected chi connectivity index (χ0v) is 6.12. The van der Waals surface area contributed by atoms with Crippen molar-refractivity contribution in [1.29, 1.82) is 0 Å². The molecular weight excluding hydrogens is 132 g/mol. The van der Waals surface area contributed by atoms with Crippen LogP contribution in [0.4, 0.5) is 0 Å². The van der Waals surface area contributed by atoms with Gasteiger partial charge in [0.15, 0.2) is 0 Å². The van der Waals surface area contributed by atoms with Crippen LogP contribution in [0.1, 0.15) is 25.7 Å². The number of rotatable bonds is 0. The number of carbonyl (C=O) groups excluding carboxylic acids is 1. The van der Waals surface area contributed by atoms with E-state index in [4.69, 9.17) is 0 Å². The van der Waals surface area contributed by atoms with Crippen LogP contribution < -0.4 is 0 Å². The predicted octanol–water partition coefficient (Wildman–Crippen LogP) is 1.61. The molecule has 2 aliphatic heterocycles. The second-order valence-electron chi connectivity index (χ2n) is 2.90. The van der Waals surface area contributed by atoms with Crippen LogP contribution in [0.3, 0.4) is 0 Å². The maximum Gasteiger partial charge on any atom is 0.135 e. The lowest BCUT2D eigenvalue weighted by Gasteiger charge is -2.15. The fourth-order valence-electron chi connectivity index (χ4n) is 1.67. The summed E-state index contributed by atoms with van der Waals surface area (Å²) < 4.78 is 0. The highest BCUT2D eigenvalue weighted by Gasteiger charge is 2.33. The van der Waals surface area contributed by atoms with Crippen molar-refractivity contribution in [1.82, 2.24) is 0 Å². The van der Waals surface area contributed by atoms with Crippen molar-refractivity contribution in [3.05, 3.63) is 0 Å². The average Bonchev–Trinajstić information content (AvgIpc) is 2.11. The van der Waals surface area contributed by atoms with Crippen LogP contribution in [-0.2, 0) is 4.79 Å². The summed E-state index contributed by atoms with van der Waals surface area (Å²) in [5.74, 6) is 0.501. The Bertz CT molecular complexity index is 130. The molecule has 0 spiro atoms. The third-order valence-electron chi connectivity index (χ3n) is 2.11. The van der Waals surface area contributed by atoms with E-state index in [1.165, 1.54) is 12.8 Å². The second-order valence-corrected chi connectivity index (χ2v) is 4.51. The molecule has 2 rings (SSSR count). The molecule has 2 heteroatoms. The minimum absolute atomic E-state index is 0.501. The van der Waals surface area contributed by atoms with Crippen LogP contribution in [0.25, 0.3) is 0 Å². The topological polar surface area (TPSA) is 17.1 Å². The minimum atomic E-state index is 0.501. The lowest BCUT2D eigenvalue weighted by molar-refractivity contribution is -0.118. The zero-order chi connectivity index (χ0) is 6.27. The Balaban J connectivity index is 2.11. The van der Waals surface area contributed by atoms with E-state index in [1.54, 1.807) is 0 Å². The van der Waals surface area contributed by atoms with E-state index in [9.17, 15) is 4.79 Å². The standard InChI is InChI=1S/C7H10OS/c8-5-3-6-1-2-7(4-5)9-6/h6-7H,1-4H2/t6-,7+. The van der Waals surface area contributed by atoms with Gasteiger partial charge < -0.3 is 0 Å². The Morgan fingerprint density at radius 2 is 1.78 bits per heavy atom. The Kier molecular flexibility index (Phi) is 1.29. The average molecular weight is 142 g/mol. The van der Waals surface area contributed by atoms with Crippen LogP contribution in [0.5, 0.6) is 0 Å². The summed E-state index contributed by atoms with van der Waals surface area (Å²) in [6, 6.07) is 0. The predicted molar refractivity (Wildman–Crippen MR) is 38.6 cm³/mol. The third-order valence-corrected chi connectivity index (χ3v) is 3.68. The zero-order valence-electron chi connectivity index (χ0n) is 5.30. The quantitative estimate of drug-likeness (QED) is 0.511. The summed E-state index contributed by atoms with van der Waals surface area (Å²) in [5, 5.41) is 1.41. The van der Waals surface area contributed by atoms with Crippen LogP contribution in [0.2, 0.25) is 0 Å². The maximum atomic E-state index is 10.9. The molecule has 2 fully saturated rings. The van der Waals surface area contributed by atoms with Crippen molar-refractivity contribution < 1.29 is 4.79 Å². The normalized spacial score (nSPS) is 41.6. The van der Waals surface area contributed by atoms with Gasteiger partial charge in [0.25, 0.3) is 0 Å². The van der Waals surface area contributed by atoms with Gasteiger partial charge in [0.05, 0.1) is 0 Å². The highest BCUT2D eigenvalue weighted by molar-refractivity contribution is 8.00. The molecule has 0 saturated carbocycles. The van der Waals surface area contributed by atoms with Crippen LogP contribution >= 0.6 is 11.8 Å². The van der Waals surface area contributed by atoms with E-state index < -0.39 is 0 Å². The molecule has 1 nitrogen and oxygen atoms in total. The number of Topliss-reactive ketones (excluding diaryl/α,β-unsaturated/α-hetero) is 1. The van der Waals surface area contributed by atoms with Crippen LogP contribution in [-0.4, -0.2) is 16.3 Å². The van der Waals surface area contributed by atoms with E-state index in [0.717, 1.165) is 12.8 Å². The number of thioether (sulfide) groups is 1. The Labute approximate surface area is 59.2 Å². The molecule has 0 aromatic heterocycles. The molecule has 2 aliphatic rings. The van der Waals surface area contributed by atoms with Crippen LogP contribution in [0, 0.1) is 0 Å². The van der Waals surface area contributed by atoms with Gasteiger partial charge in [-0.1, -0.05) is 0 Å². The van der Waals surface area contributed by atoms with E-state index in [-0.39, 0.29) is 0 Å². The summed E-state index contributed by atoms with van der Waals surface area (Å²) in [6.45, 7) is 0. The first-order chi connectivity index (χ1) is 4.34. The first-order valence-electron chi connectivity index (χ1n) is 3.52. The highest BCUT2D eigenvalue weighted by atomic mass is 32.2. The van der Waals surface area contributed by atoms with Gasteiger partial charge in [0.1, 0.15) is 5.78 Å². The monoisotopic (exact) mass is 142 g/mol. The number of fused-ring (bicyclic) bond motifs is 2. The Morgan fingerprint density at radius 1 is 1.22 bits per heavy atom. The van der Waals surface area contributed by atoms with Gasteiger partial charge >= 0.3 is 0 Å². The van der Waals surface area contributed by atoms with Crippen molar-refractivity contribution in [2.24, 2.45) is 0 Å². The van der Waals surface area contributed by atoms with Gasteiger partial charge in [-0.3, -0.25) is 4.79 Å². The summed E-state index contributed by atoms with van der Waals surface area (Å²) in [4.78, 5) is 10.9. The van der Waals surface area contributed by atoms with Gasteiger partial charge in [-0.15, -0.1) is 0 Å². The molecule has 0 N–H and O–H groups in total. The van der Waals surface area contributed by atoms with Crippen molar-refractivity contribution in [2.75, 3.05) is 0 Å². The Morgan fingerprint density at radius 3 is 2.33 bits per heavy atom. The van der Waals surface area contributed by atoms with Gasteiger partial charge in [0.2, 0.25) is 0 Å². The fourth-order valence-corrected chi connectivity index (χ4v) is 3.32. The molecule has 2 atom stereocenters. The van der Waals surface area contributed by atoms with E-state index in [1.807, 2.05) is 11.8 Å².